The number of hydrogen-bond donors (Lipinski definition) is 0. The van der Waals surface area contributed by atoms with E-state index < -0.39 is 0 Å². The van der Waals surface area contributed by atoms with Gasteiger partial charge in [0.25, 0.3) is 0 Å². The smallest absolute Gasteiger partial charge is 0.182 e. The summed E-state index contributed by atoms with van der Waals surface area (Å²) in [6.45, 7) is 7.41. The van der Waals surface area contributed by atoms with Gasteiger partial charge in [-0.3, -0.25) is 4.98 Å². The van der Waals surface area contributed by atoms with Crippen molar-refractivity contribution < 1.29 is 4.74 Å². The number of hydrogen-bond acceptors (Lipinski definition) is 6. The molecule has 0 saturated carbocycles. The normalized spacial score (nSPS) is 13.1. The molecule has 8 aromatic rings. The summed E-state index contributed by atoms with van der Waals surface area (Å²) in [5.41, 5.74) is 10.5. The molecule has 3 aromatic heterocycles. The molecule has 0 aliphatic carbocycles. The van der Waals surface area contributed by atoms with Crippen LogP contribution in [0, 0.1) is 0 Å². The average Bonchev–Trinajstić information content (AvgIpc) is 3.95. The number of fused-ring (bicyclic) bond motifs is 3. The Morgan fingerprint density at radius 2 is 1.37 bits per heavy atom. The lowest BCUT2D eigenvalue weighted by molar-refractivity contribution is 0.497. The molecule has 0 spiro atoms. The summed E-state index contributed by atoms with van der Waals surface area (Å²) in [7, 11) is 0. The predicted octanol–water partition coefficient (Wildman–Crippen LogP) is 13.4. The van der Waals surface area contributed by atoms with E-state index in [2.05, 4.69) is 176 Å². The second kappa shape index (κ2) is 13.1. The van der Waals surface area contributed by atoms with Crippen LogP contribution in [0.25, 0.3) is 53.7 Å². The fourth-order valence-corrected chi connectivity index (χ4v) is 9.01. The fourth-order valence-electron chi connectivity index (χ4n) is 7.03. The number of nitrogens with zero attached hydrogens (tertiary/aromatic N) is 3. The fraction of sp³-hybridized carbons (Fsp3) is 0.109. The standard InChI is InChI=1S/C46H37N3OS2/c1-46(2,3)33-20-22-47-41(26-33)39-28-42-38(21-25-51-42)45-40(39)29-43(52-45)50-35-17-10-16-34(27-35)48-23-24-49(30-48)44-36(31-12-6-4-7-13-31)18-11-19-37(44)32-14-8-5-9-15-32/h4-29H,30H2,1-3H3. The molecule has 9 rings (SSSR count). The van der Waals surface area contributed by atoms with E-state index >= 15 is 0 Å². The summed E-state index contributed by atoms with van der Waals surface area (Å²) in [6, 6.07) is 47.4. The number of benzene rings is 5. The van der Waals surface area contributed by atoms with Crippen LogP contribution in [0.4, 0.5) is 11.4 Å². The molecule has 0 radical (unpaired) electrons. The second-order valence-electron chi connectivity index (χ2n) is 14.2. The van der Waals surface area contributed by atoms with Gasteiger partial charge in [-0.15, -0.1) is 11.3 Å². The van der Waals surface area contributed by atoms with Crippen LogP contribution in [0.15, 0.2) is 157 Å². The molecule has 0 fully saturated rings. The van der Waals surface area contributed by atoms with Crippen LogP contribution in [0.1, 0.15) is 26.3 Å². The van der Waals surface area contributed by atoms with Crippen LogP contribution >= 0.6 is 22.7 Å². The largest absolute Gasteiger partial charge is 0.447 e. The van der Waals surface area contributed by atoms with Gasteiger partial charge in [-0.25, -0.2) is 0 Å². The van der Waals surface area contributed by atoms with Gasteiger partial charge in [0.1, 0.15) is 5.75 Å². The quantitative estimate of drug-likeness (QED) is 0.165. The van der Waals surface area contributed by atoms with Gasteiger partial charge >= 0.3 is 0 Å². The van der Waals surface area contributed by atoms with Gasteiger partial charge in [-0.1, -0.05) is 117 Å². The van der Waals surface area contributed by atoms with Gasteiger partial charge in [0.15, 0.2) is 5.06 Å². The van der Waals surface area contributed by atoms with Crippen molar-refractivity contribution in [2.45, 2.75) is 26.2 Å². The Labute approximate surface area is 312 Å². The Morgan fingerprint density at radius 3 is 2.10 bits per heavy atom. The molecule has 254 valence electrons. The zero-order valence-corrected chi connectivity index (χ0v) is 30.9. The highest BCUT2D eigenvalue weighted by molar-refractivity contribution is 7.23. The molecule has 1 aliphatic rings. The summed E-state index contributed by atoms with van der Waals surface area (Å²) < 4.78 is 9.15. The molecule has 0 atom stereocenters. The number of ether oxygens (including phenoxy) is 1. The maximum atomic E-state index is 6.66. The first kappa shape index (κ1) is 32.2. The van der Waals surface area contributed by atoms with Gasteiger partial charge in [-0.2, -0.15) is 0 Å². The molecular weight excluding hydrogens is 675 g/mol. The molecule has 52 heavy (non-hydrogen) atoms. The monoisotopic (exact) mass is 711 g/mol. The van der Waals surface area contributed by atoms with Crippen molar-refractivity contribution in [2.75, 3.05) is 16.5 Å². The molecule has 0 bridgehead atoms. The van der Waals surface area contributed by atoms with E-state index in [0.29, 0.717) is 6.67 Å². The van der Waals surface area contributed by atoms with Crippen molar-refractivity contribution in [1.82, 2.24) is 4.98 Å². The predicted molar refractivity (Wildman–Crippen MR) is 222 cm³/mol. The molecule has 0 N–H and O–H groups in total. The van der Waals surface area contributed by atoms with E-state index in [0.717, 1.165) is 27.8 Å². The molecule has 0 saturated heterocycles. The Bertz CT molecular complexity index is 2520. The van der Waals surface area contributed by atoms with Crippen LogP contribution in [0.5, 0.6) is 10.8 Å². The highest BCUT2D eigenvalue weighted by Gasteiger charge is 2.23. The summed E-state index contributed by atoms with van der Waals surface area (Å²) in [4.78, 5) is 9.46. The minimum absolute atomic E-state index is 0.0365. The van der Waals surface area contributed by atoms with Crippen molar-refractivity contribution >= 4 is 54.2 Å². The lowest BCUT2D eigenvalue weighted by Crippen LogP contribution is -2.25. The van der Waals surface area contributed by atoms with E-state index in [9.17, 15) is 0 Å². The number of pyridine rings is 1. The summed E-state index contributed by atoms with van der Waals surface area (Å²) in [5, 5.41) is 5.47. The van der Waals surface area contributed by atoms with Crippen LogP contribution in [0.2, 0.25) is 0 Å². The molecule has 5 aromatic carbocycles. The van der Waals surface area contributed by atoms with Crippen LogP contribution in [-0.4, -0.2) is 11.7 Å². The summed E-state index contributed by atoms with van der Waals surface area (Å²) in [6.07, 6.45) is 6.28. The van der Waals surface area contributed by atoms with Crippen molar-refractivity contribution in [3.63, 3.8) is 0 Å². The Morgan fingerprint density at radius 1 is 0.654 bits per heavy atom. The number of thiophene rings is 2. The molecule has 0 unspecified atom stereocenters. The van der Waals surface area contributed by atoms with Crippen LogP contribution in [0.3, 0.4) is 0 Å². The SMILES string of the molecule is CC(C)(C)c1ccnc(-c2cc3sccc3c3sc(Oc4cccc(N5C=CN(c6c(-c7ccccc7)cccc6-c6ccccc6)C5)c4)cc23)c1. The highest BCUT2D eigenvalue weighted by Crippen LogP contribution is 2.46. The van der Waals surface area contributed by atoms with Gasteiger partial charge in [0.2, 0.25) is 0 Å². The molecule has 6 heteroatoms. The molecule has 0 amide bonds. The van der Waals surface area contributed by atoms with Crippen molar-refractivity contribution in [1.29, 1.82) is 0 Å². The van der Waals surface area contributed by atoms with Gasteiger partial charge < -0.3 is 14.5 Å². The van der Waals surface area contributed by atoms with E-state index in [1.54, 1.807) is 22.7 Å². The van der Waals surface area contributed by atoms with Crippen LogP contribution < -0.4 is 14.5 Å². The van der Waals surface area contributed by atoms with Crippen molar-refractivity contribution in [2.24, 2.45) is 0 Å². The van der Waals surface area contributed by atoms with E-state index in [4.69, 9.17) is 9.72 Å². The first-order valence-corrected chi connectivity index (χ1v) is 19.2. The Hall–Kier alpha value is -5.69. The Kier molecular flexibility index (Phi) is 8.14. The first-order chi connectivity index (χ1) is 25.4. The van der Waals surface area contributed by atoms with Gasteiger partial charge in [-0.05, 0) is 63.9 Å². The molecular formula is C46H37N3OS2. The van der Waals surface area contributed by atoms with Crippen LogP contribution in [-0.2, 0) is 5.41 Å². The maximum Gasteiger partial charge on any atom is 0.182 e. The summed E-state index contributed by atoms with van der Waals surface area (Å²) in [5.74, 6) is 0.807. The topological polar surface area (TPSA) is 28.6 Å². The summed E-state index contributed by atoms with van der Waals surface area (Å²) >= 11 is 3.47. The average molecular weight is 712 g/mol. The third kappa shape index (κ3) is 6.04. The first-order valence-electron chi connectivity index (χ1n) is 17.5. The minimum Gasteiger partial charge on any atom is -0.447 e. The Balaban J connectivity index is 1.03. The zero-order valence-electron chi connectivity index (χ0n) is 29.3. The number of rotatable bonds is 7. The van der Waals surface area contributed by atoms with Gasteiger partial charge in [0.05, 0.1) is 18.1 Å². The van der Waals surface area contributed by atoms with Crippen molar-refractivity contribution in [3.8, 4) is 44.3 Å². The number of aromatic nitrogens is 1. The number of para-hydroxylation sites is 1. The molecule has 4 nitrogen and oxygen atoms in total. The second-order valence-corrected chi connectivity index (χ2v) is 16.1. The highest BCUT2D eigenvalue weighted by atomic mass is 32.1. The molecule has 1 aliphatic heterocycles. The van der Waals surface area contributed by atoms with E-state index in [1.807, 2.05) is 12.3 Å². The lowest BCUT2D eigenvalue weighted by Gasteiger charge is -2.26. The van der Waals surface area contributed by atoms with E-state index in [1.165, 1.54) is 53.7 Å². The number of anilines is 2. The molecule has 4 heterocycles. The van der Waals surface area contributed by atoms with Gasteiger partial charge in [0, 0.05) is 73.3 Å². The van der Waals surface area contributed by atoms with E-state index in [-0.39, 0.29) is 5.41 Å². The zero-order chi connectivity index (χ0) is 35.2. The third-order valence-corrected chi connectivity index (χ3v) is 11.6. The third-order valence-electron chi connectivity index (χ3n) is 9.71. The maximum absolute atomic E-state index is 6.66. The minimum atomic E-state index is 0.0365. The van der Waals surface area contributed by atoms with Crippen molar-refractivity contribution in [3.05, 3.63) is 163 Å². The lowest BCUT2D eigenvalue weighted by atomic mass is 9.87.